The van der Waals surface area contributed by atoms with Crippen LogP contribution in [0.5, 0.6) is 0 Å². The minimum absolute atomic E-state index is 0.140. The van der Waals surface area contributed by atoms with E-state index in [1.54, 1.807) is 16.2 Å². The van der Waals surface area contributed by atoms with Crippen molar-refractivity contribution in [2.45, 2.75) is 18.8 Å². The summed E-state index contributed by atoms with van der Waals surface area (Å²) in [4.78, 5) is 21.5. The standard InChI is InChI=1S/C21H23N3OS/c1-23(17-9-3-2-4-10-17)20(25)15-24-13-7-8-16(14-24)21-22-18-11-5-6-12-19(18)26-21/h2-6,9-12,16H,7-8,13-15H2,1H3/t16-/m0/s1. The van der Waals surface area contributed by atoms with Crippen LogP contribution < -0.4 is 4.90 Å². The van der Waals surface area contributed by atoms with Crippen molar-refractivity contribution in [3.63, 3.8) is 0 Å². The second kappa shape index (κ2) is 7.56. The minimum atomic E-state index is 0.140. The van der Waals surface area contributed by atoms with Crippen molar-refractivity contribution in [2.75, 3.05) is 31.6 Å². The van der Waals surface area contributed by atoms with Crippen LogP contribution in [0.25, 0.3) is 10.2 Å². The van der Waals surface area contributed by atoms with E-state index in [0.717, 1.165) is 37.1 Å². The number of carbonyl (C=O) groups is 1. The van der Waals surface area contributed by atoms with Crippen molar-refractivity contribution in [3.8, 4) is 0 Å². The number of nitrogens with zero attached hydrogens (tertiary/aromatic N) is 3. The lowest BCUT2D eigenvalue weighted by Crippen LogP contribution is -2.42. The summed E-state index contributed by atoms with van der Waals surface area (Å²) in [6, 6.07) is 18.1. The molecular formula is C21H23N3OS. The van der Waals surface area contributed by atoms with E-state index in [1.807, 2.05) is 43.4 Å². The number of hydrogen-bond acceptors (Lipinski definition) is 4. The summed E-state index contributed by atoms with van der Waals surface area (Å²) in [5, 5.41) is 1.21. The van der Waals surface area contributed by atoms with Gasteiger partial charge in [-0.15, -0.1) is 11.3 Å². The summed E-state index contributed by atoms with van der Waals surface area (Å²) in [5.74, 6) is 0.567. The first-order valence-electron chi connectivity index (χ1n) is 9.10. The number of fused-ring (bicyclic) bond motifs is 1. The average Bonchev–Trinajstić information content (AvgIpc) is 3.12. The summed E-state index contributed by atoms with van der Waals surface area (Å²) in [6.45, 7) is 2.36. The lowest BCUT2D eigenvalue weighted by Gasteiger charge is -2.32. The van der Waals surface area contributed by atoms with Gasteiger partial charge in [0.2, 0.25) is 5.91 Å². The molecule has 0 radical (unpaired) electrons. The van der Waals surface area contributed by atoms with Crippen LogP contribution in [0, 0.1) is 0 Å². The molecule has 0 saturated carbocycles. The number of hydrogen-bond donors (Lipinski definition) is 0. The molecule has 0 N–H and O–H groups in total. The molecule has 4 rings (SSSR count). The van der Waals surface area contributed by atoms with Crippen LogP contribution in [-0.4, -0.2) is 42.5 Å². The fraction of sp³-hybridized carbons (Fsp3) is 0.333. The van der Waals surface area contributed by atoms with Gasteiger partial charge in [-0.25, -0.2) is 4.98 Å². The van der Waals surface area contributed by atoms with Crippen LogP contribution in [0.15, 0.2) is 54.6 Å². The minimum Gasteiger partial charge on any atom is -0.314 e. The molecule has 0 spiro atoms. The molecule has 0 aliphatic carbocycles. The van der Waals surface area contributed by atoms with Gasteiger partial charge in [0.25, 0.3) is 0 Å². The van der Waals surface area contributed by atoms with Gasteiger partial charge >= 0.3 is 0 Å². The number of anilines is 1. The summed E-state index contributed by atoms with van der Waals surface area (Å²) < 4.78 is 1.25. The van der Waals surface area contributed by atoms with E-state index >= 15 is 0 Å². The third-order valence-corrected chi connectivity index (χ3v) is 6.24. The number of benzene rings is 2. The third kappa shape index (κ3) is 3.64. The predicted octanol–water partition coefficient (Wildman–Crippen LogP) is 4.14. The number of thiazole rings is 1. The fourth-order valence-electron chi connectivity index (χ4n) is 3.56. The van der Waals surface area contributed by atoms with Crippen molar-refractivity contribution >= 4 is 33.1 Å². The first-order chi connectivity index (χ1) is 12.7. The van der Waals surface area contributed by atoms with Gasteiger partial charge in [-0.3, -0.25) is 9.69 Å². The molecule has 3 aromatic rings. The maximum Gasteiger partial charge on any atom is 0.240 e. The molecule has 1 atom stereocenters. The average molecular weight is 366 g/mol. The highest BCUT2D eigenvalue weighted by Crippen LogP contribution is 2.32. The molecule has 134 valence electrons. The molecule has 2 heterocycles. The Morgan fingerprint density at radius 3 is 2.77 bits per heavy atom. The monoisotopic (exact) mass is 365 g/mol. The van der Waals surface area contributed by atoms with Crippen LogP contribution in [0.1, 0.15) is 23.8 Å². The number of para-hydroxylation sites is 2. The molecule has 1 amide bonds. The van der Waals surface area contributed by atoms with Crippen LogP contribution in [0.3, 0.4) is 0 Å². The van der Waals surface area contributed by atoms with Crippen LogP contribution in [0.4, 0.5) is 5.69 Å². The van der Waals surface area contributed by atoms with Crippen molar-refractivity contribution < 1.29 is 4.79 Å². The smallest absolute Gasteiger partial charge is 0.240 e. The van der Waals surface area contributed by atoms with Gasteiger partial charge in [0.15, 0.2) is 0 Å². The summed E-state index contributed by atoms with van der Waals surface area (Å²) in [7, 11) is 1.85. The van der Waals surface area contributed by atoms with E-state index in [1.165, 1.54) is 9.71 Å². The number of aromatic nitrogens is 1. The van der Waals surface area contributed by atoms with Gasteiger partial charge in [0.1, 0.15) is 0 Å². The van der Waals surface area contributed by atoms with Gasteiger partial charge in [-0.05, 0) is 43.7 Å². The summed E-state index contributed by atoms with van der Waals surface area (Å²) in [6.07, 6.45) is 2.27. The Bertz CT molecular complexity index is 859. The van der Waals surface area contributed by atoms with Gasteiger partial charge in [-0.2, -0.15) is 0 Å². The number of amides is 1. The molecule has 0 bridgehead atoms. The number of likely N-dealkylation sites (N-methyl/N-ethyl adjacent to an activating group) is 1. The molecule has 1 saturated heterocycles. The maximum absolute atomic E-state index is 12.7. The second-order valence-corrected chi connectivity index (χ2v) is 7.94. The topological polar surface area (TPSA) is 36.4 Å². The highest BCUT2D eigenvalue weighted by Gasteiger charge is 2.26. The largest absolute Gasteiger partial charge is 0.314 e. The van der Waals surface area contributed by atoms with Crippen LogP contribution in [0.2, 0.25) is 0 Å². The molecule has 1 aliphatic rings. The lowest BCUT2D eigenvalue weighted by molar-refractivity contribution is -0.119. The zero-order chi connectivity index (χ0) is 17.9. The van der Waals surface area contributed by atoms with E-state index < -0.39 is 0 Å². The Morgan fingerprint density at radius 2 is 1.96 bits per heavy atom. The number of piperidine rings is 1. The molecule has 4 nitrogen and oxygen atoms in total. The van der Waals surface area contributed by atoms with E-state index in [-0.39, 0.29) is 5.91 Å². The zero-order valence-corrected chi connectivity index (χ0v) is 15.8. The highest BCUT2D eigenvalue weighted by molar-refractivity contribution is 7.18. The Kier molecular flexibility index (Phi) is 5.00. The van der Waals surface area contributed by atoms with Gasteiger partial charge < -0.3 is 4.90 Å². The molecule has 1 aliphatic heterocycles. The normalized spacial score (nSPS) is 18.1. The molecular weight excluding hydrogens is 342 g/mol. The summed E-state index contributed by atoms with van der Waals surface area (Å²) in [5.41, 5.74) is 2.03. The Morgan fingerprint density at radius 1 is 1.19 bits per heavy atom. The molecule has 26 heavy (non-hydrogen) atoms. The van der Waals surface area contributed by atoms with Crippen molar-refractivity contribution in [2.24, 2.45) is 0 Å². The van der Waals surface area contributed by atoms with Gasteiger partial charge in [-0.1, -0.05) is 30.3 Å². The fourth-order valence-corrected chi connectivity index (χ4v) is 4.65. The molecule has 1 aromatic heterocycles. The molecule has 5 heteroatoms. The van der Waals surface area contributed by atoms with Gasteiger partial charge in [0, 0.05) is 25.2 Å². The first kappa shape index (κ1) is 17.2. The Balaban J connectivity index is 1.42. The van der Waals surface area contributed by atoms with Crippen LogP contribution in [-0.2, 0) is 4.79 Å². The number of rotatable bonds is 4. The second-order valence-electron chi connectivity index (χ2n) is 6.88. The Labute approximate surface area is 158 Å². The Hall–Kier alpha value is -2.24. The molecule has 2 aromatic carbocycles. The first-order valence-corrected chi connectivity index (χ1v) is 9.92. The lowest BCUT2D eigenvalue weighted by atomic mass is 9.98. The maximum atomic E-state index is 12.7. The van der Waals surface area contributed by atoms with Gasteiger partial charge in [0.05, 0.1) is 21.8 Å². The number of likely N-dealkylation sites (tertiary alicyclic amines) is 1. The van der Waals surface area contributed by atoms with E-state index in [4.69, 9.17) is 4.98 Å². The number of carbonyl (C=O) groups excluding carboxylic acids is 1. The zero-order valence-electron chi connectivity index (χ0n) is 15.0. The molecule has 0 unspecified atom stereocenters. The summed E-state index contributed by atoms with van der Waals surface area (Å²) >= 11 is 1.79. The molecule has 1 fully saturated rings. The third-order valence-electron chi connectivity index (χ3n) is 5.04. The van der Waals surface area contributed by atoms with Crippen molar-refractivity contribution in [1.29, 1.82) is 0 Å². The predicted molar refractivity (Wildman–Crippen MR) is 108 cm³/mol. The van der Waals surface area contributed by atoms with E-state index in [2.05, 4.69) is 23.1 Å². The van der Waals surface area contributed by atoms with Crippen LogP contribution >= 0.6 is 11.3 Å². The van der Waals surface area contributed by atoms with Crippen molar-refractivity contribution in [3.05, 3.63) is 59.6 Å². The van der Waals surface area contributed by atoms with E-state index in [0.29, 0.717) is 12.5 Å². The SMILES string of the molecule is CN(C(=O)CN1CCC[C@H](c2nc3ccccc3s2)C1)c1ccccc1. The highest BCUT2D eigenvalue weighted by atomic mass is 32.1. The quantitative estimate of drug-likeness (QED) is 0.697. The van der Waals surface area contributed by atoms with E-state index in [9.17, 15) is 4.79 Å². The van der Waals surface area contributed by atoms with Crippen molar-refractivity contribution in [1.82, 2.24) is 9.88 Å².